The molecule has 0 aromatic heterocycles. The fourth-order valence-electron chi connectivity index (χ4n) is 3.54. The minimum atomic E-state index is -0.0449. The molecule has 0 fully saturated rings. The standard InChI is InChI=1S/C19H25Cl/c1-12(2)16-9-7-8-10-17(16)19(6)15(5)13(3)14(4)18(19)11-20/h7-10,12H,11H2,1-6H3. The van der Waals surface area contributed by atoms with Gasteiger partial charge in [0.25, 0.3) is 0 Å². The molecule has 1 aromatic carbocycles. The van der Waals surface area contributed by atoms with Gasteiger partial charge in [0.1, 0.15) is 0 Å². The summed E-state index contributed by atoms with van der Waals surface area (Å²) in [6.45, 7) is 13.6. The first kappa shape index (κ1) is 15.4. The minimum Gasteiger partial charge on any atom is -0.122 e. The summed E-state index contributed by atoms with van der Waals surface area (Å²) in [4.78, 5) is 0. The molecule has 0 saturated heterocycles. The molecule has 1 atom stereocenters. The number of rotatable bonds is 3. The summed E-state index contributed by atoms with van der Waals surface area (Å²) < 4.78 is 0. The van der Waals surface area contributed by atoms with Crippen LogP contribution < -0.4 is 0 Å². The van der Waals surface area contributed by atoms with Gasteiger partial charge in [0, 0.05) is 11.3 Å². The Morgan fingerprint density at radius 1 is 1.05 bits per heavy atom. The van der Waals surface area contributed by atoms with Crippen LogP contribution in [0.4, 0.5) is 0 Å². The van der Waals surface area contributed by atoms with E-state index >= 15 is 0 Å². The molecule has 0 aliphatic heterocycles. The van der Waals surface area contributed by atoms with E-state index in [4.69, 9.17) is 11.6 Å². The molecule has 1 unspecified atom stereocenters. The Bertz CT molecular complexity index is 590. The molecule has 1 aliphatic rings. The van der Waals surface area contributed by atoms with Crippen molar-refractivity contribution >= 4 is 11.6 Å². The number of halogens is 1. The second-order valence-corrected chi connectivity index (χ2v) is 6.62. The SMILES string of the molecule is CC1=C(C)C(C)(c2ccccc2C(C)C)C(CCl)=C1C. The van der Waals surface area contributed by atoms with Gasteiger partial charge in [0.05, 0.1) is 0 Å². The molecular formula is C19H25Cl. The van der Waals surface area contributed by atoms with Crippen molar-refractivity contribution in [2.45, 2.75) is 52.9 Å². The number of alkyl halides is 1. The lowest BCUT2D eigenvalue weighted by molar-refractivity contribution is 0.648. The molecular weight excluding hydrogens is 264 g/mol. The summed E-state index contributed by atoms with van der Waals surface area (Å²) in [5.74, 6) is 1.12. The lowest BCUT2D eigenvalue weighted by atomic mass is 9.70. The van der Waals surface area contributed by atoms with Gasteiger partial charge in [0.15, 0.2) is 0 Å². The van der Waals surface area contributed by atoms with Crippen molar-refractivity contribution in [1.29, 1.82) is 0 Å². The van der Waals surface area contributed by atoms with Crippen molar-refractivity contribution in [2.75, 3.05) is 5.88 Å². The van der Waals surface area contributed by atoms with E-state index in [1.807, 2.05) is 0 Å². The highest BCUT2D eigenvalue weighted by atomic mass is 35.5. The maximum Gasteiger partial charge on any atom is 0.0451 e. The molecule has 0 saturated carbocycles. The Balaban J connectivity index is 2.74. The zero-order valence-electron chi connectivity index (χ0n) is 13.5. The maximum atomic E-state index is 6.31. The summed E-state index contributed by atoms with van der Waals surface area (Å²) in [6, 6.07) is 8.82. The second-order valence-electron chi connectivity index (χ2n) is 6.35. The monoisotopic (exact) mass is 288 g/mol. The molecule has 0 nitrogen and oxygen atoms in total. The molecule has 0 radical (unpaired) electrons. The summed E-state index contributed by atoms with van der Waals surface area (Å²) in [7, 11) is 0. The molecule has 1 aliphatic carbocycles. The highest BCUT2D eigenvalue weighted by Gasteiger charge is 2.40. The maximum absolute atomic E-state index is 6.31. The van der Waals surface area contributed by atoms with E-state index in [1.165, 1.54) is 33.4 Å². The van der Waals surface area contributed by atoms with E-state index in [0.717, 1.165) is 0 Å². The Labute approximate surface area is 128 Å². The van der Waals surface area contributed by atoms with Gasteiger partial charge in [-0.3, -0.25) is 0 Å². The normalized spacial score (nSPS) is 23.2. The van der Waals surface area contributed by atoms with Crippen LogP contribution in [0.15, 0.2) is 46.6 Å². The van der Waals surface area contributed by atoms with Crippen LogP contribution in [0.5, 0.6) is 0 Å². The van der Waals surface area contributed by atoms with Gasteiger partial charge in [-0.25, -0.2) is 0 Å². The van der Waals surface area contributed by atoms with Gasteiger partial charge < -0.3 is 0 Å². The highest BCUT2D eigenvalue weighted by Crippen LogP contribution is 2.50. The lowest BCUT2D eigenvalue weighted by Crippen LogP contribution is -2.27. The zero-order valence-corrected chi connectivity index (χ0v) is 14.2. The number of hydrogen-bond acceptors (Lipinski definition) is 0. The van der Waals surface area contributed by atoms with Crippen LogP contribution in [-0.2, 0) is 5.41 Å². The predicted octanol–water partition coefficient (Wildman–Crippen LogP) is 5.97. The Morgan fingerprint density at radius 2 is 1.65 bits per heavy atom. The van der Waals surface area contributed by atoms with Gasteiger partial charge in [-0.05, 0) is 61.5 Å². The summed E-state index contributed by atoms with van der Waals surface area (Å²) in [5.41, 5.74) is 8.39. The van der Waals surface area contributed by atoms with Crippen LogP contribution >= 0.6 is 11.6 Å². The third-order valence-electron chi connectivity index (χ3n) is 5.19. The molecule has 1 heteroatoms. The van der Waals surface area contributed by atoms with Gasteiger partial charge in [-0.2, -0.15) is 0 Å². The summed E-state index contributed by atoms with van der Waals surface area (Å²) in [6.07, 6.45) is 0. The smallest absolute Gasteiger partial charge is 0.0451 e. The van der Waals surface area contributed by atoms with Crippen LogP contribution in [0, 0.1) is 0 Å². The van der Waals surface area contributed by atoms with Crippen LogP contribution in [0.25, 0.3) is 0 Å². The van der Waals surface area contributed by atoms with Crippen molar-refractivity contribution in [3.05, 3.63) is 57.7 Å². The number of hydrogen-bond donors (Lipinski definition) is 0. The molecule has 108 valence electrons. The van der Waals surface area contributed by atoms with Crippen molar-refractivity contribution in [2.24, 2.45) is 0 Å². The third kappa shape index (κ3) is 2.05. The molecule has 1 aromatic rings. The third-order valence-corrected chi connectivity index (χ3v) is 5.45. The fraction of sp³-hybridized carbons (Fsp3) is 0.474. The van der Waals surface area contributed by atoms with E-state index in [9.17, 15) is 0 Å². The second kappa shape index (κ2) is 5.41. The topological polar surface area (TPSA) is 0 Å². The van der Waals surface area contributed by atoms with Crippen LogP contribution in [0.1, 0.15) is 58.6 Å². The Morgan fingerprint density at radius 3 is 2.20 bits per heavy atom. The first-order valence-electron chi connectivity index (χ1n) is 7.39. The largest absolute Gasteiger partial charge is 0.122 e. The average molecular weight is 289 g/mol. The minimum absolute atomic E-state index is 0.0449. The highest BCUT2D eigenvalue weighted by molar-refractivity contribution is 6.20. The van der Waals surface area contributed by atoms with Gasteiger partial charge in [0.2, 0.25) is 0 Å². The predicted molar refractivity (Wildman–Crippen MR) is 89.7 cm³/mol. The molecule has 0 N–H and O–H groups in total. The number of benzene rings is 1. The van der Waals surface area contributed by atoms with Crippen LogP contribution in [0.3, 0.4) is 0 Å². The summed E-state index contributed by atoms with van der Waals surface area (Å²) in [5, 5.41) is 0. The van der Waals surface area contributed by atoms with Gasteiger partial charge in [-0.15, -0.1) is 11.6 Å². The first-order valence-corrected chi connectivity index (χ1v) is 7.93. The zero-order chi connectivity index (χ0) is 15.1. The lowest BCUT2D eigenvalue weighted by Gasteiger charge is -2.33. The Hall–Kier alpha value is -1.01. The van der Waals surface area contributed by atoms with E-state index in [1.54, 1.807) is 0 Å². The van der Waals surface area contributed by atoms with Gasteiger partial charge in [-0.1, -0.05) is 43.7 Å². The fourth-order valence-corrected chi connectivity index (χ4v) is 4.01. The molecule has 0 heterocycles. The van der Waals surface area contributed by atoms with Crippen molar-refractivity contribution in [3.63, 3.8) is 0 Å². The van der Waals surface area contributed by atoms with E-state index in [0.29, 0.717) is 11.8 Å². The van der Waals surface area contributed by atoms with Crippen LogP contribution in [-0.4, -0.2) is 5.88 Å². The molecule has 0 spiro atoms. The summed E-state index contributed by atoms with van der Waals surface area (Å²) >= 11 is 6.31. The van der Waals surface area contributed by atoms with Crippen LogP contribution in [0.2, 0.25) is 0 Å². The van der Waals surface area contributed by atoms with E-state index < -0.39 is 0 Å². The molecule has 0 amide bonds. The van der Waals surface area contributed by atoms with E-state index in [2.05, 4.69) is 65.8 Å². The van der Waals surface area contributed by atoms with Gasteiger partial charge >= 0.3 is 0 Å². The van der Waals surface area contributed by atoms with E-state index in [-0.39, 0.29) is 5.41 Å². The number of allylic oxidation sites excluding steroid dienone is 4. The average Bonchev–Trinajstić information content (AvgIpc) is 2.61. The molecule has 20 heavy (non-hydrogen) atoms. The molecule has 2 rings (SSSR count). The first-order chi connectivity index (χ1) is 9.35. The van der Waals surface area contributed by atoms with Crippen molar-refractivity contribution in [1.82, 2.24) is 0 Å². The Kier molecular flexibility index (Phi) is 4.16. The van der Waals surface area contributed by atoms with Crippen molar-refractivity contribution < 1.29 is 0 Å². The quantitative estimate of drug-likeness (QED) is 0.601. The molecule has 0 bridgehead atoms. The van der Waals surface area contributed by atoms with Crippen molar-refractivity contribution in [3.8, 4) is 0 Å².